The Labute approximate surface area is 181 Å². The summed E-state index contributed by atoms with van der Waals surface area (Å²) in [6.45, 7) is 6.32. The maximum absolute atomic E-state index is 14.4. The molecule has 5 rings (SSSR count). The average Bonchev–Trinajstić information content (AvgIpc) is 3.15. The first kappa shape index (κ1) is 19.7. The van der Waals surface area contributed by atoms with Crippen molar-refractivity contribution in [3.05, 3.63) is 76.7 Å². The number of carbonyl (C=O) groups excluding carboxylic acids is 1. The predicted molar refractivity (Wildman–Crippen MR) is 118 cm³/mol. The fourth-order valence-electron chi connectivity index (χ4n) is 4.61. The molecule has 2 aromatic carbocycles. The molecule has 0 saturated carbocycles. The Hall–Kier alpha value is -3.28. The number of hydrogen-bond donors (Lipinski definition) is 1. The maximum atomic E-state index is 14.4. The number of carbonyl (C=O) groups is 1. The summed E-state index contributed by atoms with van der Waals surface area (Å²) in [5.41, 5.74) is 4.05. The molecular weight excluding hydrogens is 391 g/mol. The highest BCUT2D eigenvalue weighted by Crippen LogP contribution is 2.45. The lowest BCUT2D eigenvalue weighted by Gasteiger charge is -2.38. The maximum Gasteiger partial charge on any atom is 0.226 e. The molecule has 2 heterocycles. The van der Waals surface area contributed by atoms with Crippen LogP contribution in [-0.2, 0) is 11.2 Å². The van der Waals surface area contributed by atoms with Crippen LogP contribution in [0.3, 0.4) is 0 Å². The first-order valence-electron chi connectivity index (χ1n) is 10.7. The molecule has 0 spiro atoms. The minimum atomic E-state index is -0.381. The van der Waals surface area contributed by atoms with E-state index in [0.717, 1.165) is 29.7 Å². The van der Waals surface area contributed by atoms with Crippen molar-refractivity contribution in [2.24, 2.45) is 5.41 Å². The van der Waals surface area contributed by atoms with E-state index >= 15 is 0 Å². The number of aryl methyl sites for hydroxylation is 1. The Balaban J connectivity index is 1.68. The van der Waals surface area contributed by atoms with E-state index in [9.17, 15) is 9.18 Å². The fraction of sp³-hybridized carbons (Fsp3) is 0.320. The highest BCUT2D eigenvalue weighted by atomic mass is 19.1. The van der Waals surface area contributed by atoms with Crippen LogP contribution in [0.25, 0.3) is 11.4 Å². The van der Waals surface area contributed by atoms with Crippen molar-refractivity contribution in [2.45, 2.75) is 46.1 Å². The zero-order valence-electron chi connectivity index (χ0n) is 17.9. The van der Waals surface area contributed by atoms with Gasteiger partial charge in [0.1, 0.15) is 11.9 Å². The monoisotopic (exact) mass is 416 g/mol. The minimum absolute atomic E-state index is 0.122. The number of anilines is 1. The quantitative estimate of drug-likeness (QED) is 0.629. The van der Waals surface area contributed by atoms with E-state index in [-0.39, 0.29) is 23.1 Å². The number of fused-ring (bicyclic) bond motifs is 1. The Kier molecular flexibility index (Phi) is 4.54. The standard InChI is InChI=1S/C25H25FN4O/c1-4-15-9-11-16(12-10-15)22-21-19(13-25(2,3)14-20(21)31)27-24-28-23(29-30(22)24)17-7-5-6-8-18(17)26/h5-12,22H,4,13-14H2,1-3H3,(H,27,28,29). The van der Waals surface area contributed by atoms with Crippen molar-refractivity contribution in [2.75, 3.05) is 5.32 Å². The molecule has 6 heteroatoms. The summed E-state index contributed by atoms with van der Waals surface area (Å²) < 4.78 is 16.2. The van der Waals surface area contributed by atoms with Gasteiger partial charge in [0.2, 0.25) is 5.95 Å². The molecule has 1 unspecified atom stereocenters. The van der Waals surface area contributed by atoms with Gasteiger partial charge in [-0.25, -0.2) is 9.07 Å². The smallest absolute Gasteiger partial charge is 0.226 e. The third kappa shape index (κ3) is 3.36. The van der Waals surface area contributed by atoms with E-state index in [4.69, 9.17) is 0 Å². The van der Waals surface area contributed by atoms with Gasteiger partial charge in [0.05, 0.1) is 5.56 Å². The summed E-state index contributed by atoms with van der Waals surface area (Å²) >= 11 is 0. The molecule has 0 radical (unpaired) electrons. The number of Topliss-reactive ketones (excluding diaryl/α,β-unsaturated/α-hetero) is 1. The van der Waals surface area contributed by atoms with Gasteiger partial charge in [0.15, 0.2) is 11.6 Å². The van der Waals surface area contributed by atoms with Gasteiger partial charge in [-0.15, -0.1) is 5.10 Å². The molecule has 0 saturated heterocycles. The van der Waals surface area contributed by atoms with E-state index in [2.05, 4.69) is 60.4 Å². The highest BCUT2D eigenvalue weighted by Gasteiger charge is 2.42. The molecule has 1 aromatic heterocycles. The first-order valence-corrected chi connectivity index (χ1v) is 10.7. The summed E-state index contributed by atoms with van der Waals surface area (Å²) in [7, 11) is 0. The van der Waals surface area contributed by atoms with E-state index in [1.54, 1.807) is 22.9 Å². The van der Waals surface area contributed by atoms with Crippen LogP contribution in [0.2, 0.25) is 0 Å². The number of aromatic nitrogens is 3. The van der Waals surface area contributed by atoms with E-state index in [0.29, 0.717) is 23.8 Å². The van der Waals surface area contributed by atoms with Gasteiger partial charge in [-0.05, 0) is 41.5 Å². The second-order valence-electron chi connectivity index (χ2n) is 9.14. The van der Waals surface area contributed by atoms with Gasteiger partial charge in [0, 0.05) is 17.7 Å². The molecule has 0 fully saturated rings. The molecule has 0 amide bonds. The first-order chi connectivity index (χ1) is 14.9. The molecule has 1 atom stereocenters. The van der Waals surface area contributed by atoms with E-state index < -0.39 is 0 Å². The van der Waals surface area contributed by atoms with Crippen LogP contribution < -0.4 is 5.32 Å². The molecular formula is C25H25FN4O. The number of nitrogens with one attached hydrogen (secondary N) is 1. The van der Waals surface area contributed by atoms with E-state index in [1.807, 2.05) is 0 Å². The lowest BCUT2D eigenvalue weighted by atomic mass is 9.73. The molecule has 1 N–H and O–H groups in total. The fourth-order valence-corrected chi connectivity index (χ4v) is 4.61. The van der Waals surface area contributed by atoms with Gasteiger partial charge in [-0.2, -0.15) is 4.98 Å². The molecule has 0 bridgehead atoms. The normalized spacial score (nSPS) is 19.6. The summed E-state index contributed by atoms with van der Waals surface area (Å²) in [5, 5.41) is 8.00. The van der Waals surface area contributed by atoms with Gasteiger partial charge < -0.3 is 5.32 Å². The van der Waals surface area contributed by atoms with Crippen LogP contribution >= 0.6 is 0 Å². The van der Waals surface area contributed by atoms with Crippen molar-refractivity contribution in [1.29, 1.82) is 0 Å². The Morgan fingerprint density at radius 3 is 2.58 bits per heavy atom. The number of hydrogen-bond acceptors (Lipinski definition) is 4. The highest BCUT2D eigenvalue weighted by molar-refractivity contribution is 6.00. The lowest BCUT2D eigenvalue weighted by Crippen LogP contribution is -2.36. The van der Waals surface area contributed by atoms with Crippen LogP contribution in [0.15, 0.2) is 59.8 Å². The predicted octanol–water partition coefficient (Wildman–Crippen LogP) is 5.30. The van der Waals surface area contributed by atoms with Crippen molar-refractivity contribution in [3.63, 3.8) is 0 Å². The second kappa shape index (κ2) is 7.15. The molecule has 5 nitrogen and oxygen atoms in total. The van der Waals surface area contributed by atoms with Crippen LogP contribution in [0.4, 0.5) is 10.3 Å². The molecule has 1 aliphatic carbocycles. The van der Waals surface area contributed by atoms with Crippen LogP contribution in [-0.4, -0.2) is 20.5 Å². The summed E-state index contributed by atoms with van der Waals surface area (Å²) in [6.07, 6.45) is 2.18. The van der Waals surface area contributed by atoms with Crippen molar-refractivity contribution in [3.8, 4) is 11.4 Å². The summed E-state index contributed by atoms with van der Waals surface area (Å²) in [4.78, 5) is 17.9. The average molecular weight is 417 g/mol. The minimum Gasteiger partial charge on any atom is -0.328 e. The van der Waals surface area contributed by atoms with Gasteiger partial charge in [0.25, 0.3) is 0 Å². The second-order valence-corrected chi connectivity index (χ2v) is 9.14. The molecule has 158 valence electrons. The van der Waals surface area contributed by atoms with E-state index in [1.165, 1.54) is 11.6 Å². The van der Waals surface area contributed by atoms with Gasteiger partial charge >= 0.3 is 0 Å². The van der Waals surface area contributed by atoms with Gasteiger partial charge in [-0.1, -0.05) is 57.2 Å². The molecule has 3 aromatic rings. The van der Waals surface area contributed by atoms with Crippen LogP contribution in [0.1, 0.15) is 50.8 Å². The van der Waals surface area contributed by atoms with Crippen molar-refractivity contribution >= 4 is 11.7 Å². The SMILES string of the molecule is CCc1ccc(C2C3=C(CC(C)(C)CC3=O)Nc3nc(-c4ccccc4F)nn32)cc1. The Morgan fingerprint density at radius 2 is 1.87 bits per heavy atom. The van der Waals surface area contributed by atoms with Crippen molar-refractivity contribution < 1.29 is 9.18 Å². The number of halogens is 1. The molecule has 31 heavy (non-hydrogen) atoms. The number of benzene rings is 2. The Morgan fingerprint density at radius 1 is 1.13 bits per heavy atom. The third-order valence-electron chi connectivity index (χ3n) is 6.15. The molecule has 1 aliphatic heterocycles. The van der Waals surface area contributed by atoms with Gasteiger partial charge in [-0.3, -0.25) is 4.79 Å². The number of allylic oxidation sites excluding steroid dienone is 2. The van der Waals surface area contributed by atoms with Crippen LogP contribution in [0, 0.1) is 11.2 Å². The summed E-state index contributed by atoms with van der Waals surface area (Å²) in [6, 6.07) is 14.4. The lowest BCUT2D eigenvalue weighted by molar-refractivity contribution is -0.118. The van der Waals surface area contributed by atoms with Crippen LogP contribution in [0.5, 0.6) is 0 Å². The summed E-state index contributed by atoms with van der Waals surface area (Å²) in [5.74, 6) is 0.593. The van der Waals surface area contributed by atoms with Crippen molar-refractivity contribution in [1.82, 2.24) is 14.8 Å². The Bertz CT molecular complexity index is 1210. The zero-order chi connectivity index (χ0) is 21.8. The third-order valence-corrected chi connectivity index (χ3v) is 6.15. The molecule has 2 aliphatic rings. The number of nitrogens with zero attached hydrogens (tertiary/aromatic N) is 3. The zero-order valence-corrected chi connectivity index (χ0v) is 17.9. The number of rotatable bonds is 3. The topological polar surface area (TPSA) is 59.8 Å². The largest absolute Gasteiger partial charge is 0.328 e. The number of ketones is 1.